The Kier molecular flexibility index (Phi) is 7.93. The number of sulfonamides is 1. The summed E-state index contributed by atoms with van der Waals surface area (Å²) in [7, 11) is -0.812. The van der Waals surface area contributed by atoms with E-state index in [0.717, 1.165) is 5.56 Å². The lowest BCUT2D eigenvalue weighted by atomic mass is 10.2. The number of aryl methyl sites for hydroxylation is 1. The number of ether oxygens (including phenoxy) is 2. The highest BCUT2D eigenvalue weighted by atomic mass is 32.2. The van der Waals surface area contributed by atoms with Crippen molar-refractivity contribution in [3.63, 3.8) is 0 Å². The number of carbonyl (C=O) groups excluding carboxylic acids is 2. The monoisotopic (exact) mass is 413 g/mol. The highest BCUT2D eigenvalue weighted by molar-refractivity contribution is 7.89. The Labute approximate surface area is 165 Å². The minimum absolute atomic E-state index is 0.0244. The van der Waals surface area contributed by atoms with E-state index in [2.05, 4.69) is 10.6 Å². The molecule has 10 heteroatoms. The van der Waals surface area contributed by atoms with Crippen molar-refractivity contribution in [3.05, 3.63) is 29.8 Å². The highest BCUT2D eigenvalue weighted by Crippen LogP contribution is 2.25. The first-order chi connectivity index (χ1) is 13.3. The zero-order valence-corrected chi connectivity index (χ0v) is 17.1. The van der Waals surface area contributed by atoms with Gasteiger partial charge in [0, 0.05) is 33.4 Å². The lowest BCUT2D eigenvalue weighted by molar-refractivity contribution is -0.141. The minimum atomic E-state index is -3.65. The van der Waals surface area contributed by atoms with Crippen LogP contribution in [0.3, 0.4) is 0 Å². The third-order valence-electron chi connectivity index (χ3n) is 4.61. The zero-order chi connectivity index (χ0) is 20.7. The van der Waals surface area contributed by atoms with E-state index in [9.17, 15) is 18.0 Å². The summed E-state index contributed by atoms with van der Waals surface area (Å²) in [6, 6.07) is 6.26. The third kappa shape index (κ3) is 5.51. The molecular formula is C18H27N3O6S. The van der Waals surface area contributed by atoms with Crippen LogP contribution in [-0.4, -0.2) is 70.7 Å². The van der Waals surface area contributed by atoms with Crippen LogP contribution in [0.25, 0.3) is 0 Å². The quantitative estimate of drug-likeness (QED) is 0.458. The van der Waals surface area contributed by atoms with Crippen LogP contribution in [0.1, 0.15) is 18.4 Å². The second-order valence-electron chi connectivity index (χ2n) is 6.55. The van der Waals surface area contributed by atoms with Gasteiger partial charge in [-0.2, -0.15) is 4.31 Å². The molecule has 1 atom stereocenters. The largest absolute Gasteiger partial charge is 0.354 e. The Bertz CT molecular complexity index is 777. The summed E-state index contributed by atoms with van der Waals surface area (Å²) in [5, 5.41) is 4.91. The summed E-state index contributed by atoms with van der Waals surface area (Å²) in [4.78, 5) is 24.1. The van der Waals surface area contributed by atoms with Crippen molar-refractivity contribution in [3.8, 4) is 0 Å². The van der Waals surface area contributed by atoms with Crippen LogP contribution in [-0.2, 0) is 29.1 Å². The summed E-state index contributed by atoms with van der Waals surface area (Å²) in [6.07, 6.45) is 0.658. The van der Waals surface area contributed by atoms with Gasteiger partial charge in [0.2, 0.25) is 10.0 Å². The van der Waals surface area contributed by atoms with Gasteiger partial charge in [-0.25, -0.2) is 8.42 Å². The number of benzene rings is 1. The highest BCUT2D eigenvalue weighted by Gasteiger charge is 2.35. The normalized spacial score (nSPS) is 17.6. The molecule has 28 heavy (non-hydrogen) atoms. The van der Waals surface area contributed by atoms with Gasteiger partial charge >= 0.3 is 11.8 Å². The van der Waals surface area contributed by atoms with Crippen LogP contribution in [0, 0.1) is 6.92 Å². The van der Waals surface area contributed by atoms with E-state index in [4.69, 9.17) is 9.47 Å². The van der Waals surface area contributed by atoms with Crippen LogP contribution < -0.4 is 10.6 Å². The molecule has 0 bridgehead atoms. The number of carbonyl (C=O) groups is 2. The zero-order valence-electron chi connectivity index (χ0n) is 16.3. The van der Waals surface area contributed by atoms with E-state index in [1.54, 1.807) is 24.3 Å². The average Bonchev–Trinajstić information content (AvgIpc) is 3.16. The third-order valence-corrected chi connectivity index (χ3v) is 6.58. The molecule has 1 aromatic rings. The summed E-state index contributed by atoms with van der Waals surface area (Å²) in [5.41, 5.74) is 0.972. The van der Waals surface area contributed by atoms with Gasteiger partial charge in [0.25, 0.3) is 0 Å². The first-order valence-corrected chi connectivity index (χ1v) is 10.4. The Hall–Kier alpha value is -2.01. The summed E-state index contributed by atoms with van der Waals surface area (Å²) in [6.45, 7) is 2.36. The predicted octanol–water partition coefficient (Wildman–Crippen LogP) is -0.000580. The molecule has 1 fully saturated rings. The van der Waals surface area contributed by atoms with Crippen LogP contribution in [0.2, 0.25) is 0 Å². The van der Waals surface area contributed by atoms with Crippen molar-refractivity contribution in [1.82, 2.24) is 14.9 Å². The number of hydrogen-bond acceptors (Lipinski definition) is 6. The smallest absolute Gasteiger partial charge is 0.309 e. The molecule has 1 saturated heterocycles. The number of hydrogen-bond donors (Lipinski definition) is 2. The Morgan fingerprint density at radius 1 is 1.14 bits per heavy atom. The van der Waals surface area contributed by atoms with Crippen molar-refractivity contribution in [2.75, 3.05) is 33.9 Å². The van der Waals surface area contributed by atoms with E-state index in [-0.39, 0.29) is 18.0 Å². The first kappa shape index (κ1) is 22.3. The van der Waals surface area contributed by atoms with Gasteiger partial charge in [0.15, 0.2) is 6.29 Å². The molecule has 2 rings (SSSR count). The van der Waals surface area contributed by atoms with E-state index in [1.807, 2.05) is 6.92 Å². The predicted molar refractivity (Wildman–Crippen MR) is 102 cm³/mol. The number of methoxy groups -OCH3 is 2. The van der Waals surface area contributed by atoms with Gasteiger partial charge in [-0.15, -0.1) is 0 Å². The molecule has 2 N–H and O–H groups in total. The second-order valence-corrected chi connectivity index (χ2v) is 8.44. The average molecular weight is 413 g/mol. The summed E-state index contributed by atoms with van der Waals surface area (Å²) in [5.74, 6) is -1.66. The Morgan fingerprint density at radius 2 is 1.75 bits per heavy atom. The van der Waals surface area contributed by atoms with Crippen molar-refractivity contribution in [2.45, 2.75) is 37.0 Å². The maximum absolute atomic E-state index is 12.9. The lowest BCUT2D eigenvalue weighted by Crippen LogP contribution is -2.48. The number of rotatable bonds is 8. The molecule has 0 spiro atoms. The maximum atomic E-state index is 12.9. The minimum Gasteiger partial charge on any atom is -0.354 e. The topological polar surface area (TPSA) is 114 Å². The molecular weight excluding hydrogens is 386 g/mol. The molecule has 9 nitrogen and oxygen atoms in total. The van der Waals surface area contributed by atoms with E-state index >= 15 is 0 Å². The number of amides is 2. The van der Waals surface area contributed by atoms with Crippen molar-refractivity contribution >= 4 is 21.8 Å². The fourth-order valence-electron chi connectivity index (χ4n) is 2.99. The molecule has 0 aliphatic carbocycles. The maximum Gasteiger partial charge on any atom is 0.309 e. The van der Waals surface area contributed by atoms with Gasteiger partial charge in [-0.1, -0.05) is 17.7 Å². The second kappa shape index (κ2) is 9.97. The van der Waals surface area contributed by atoms with Crippen LogP contribution in [0.5, 0.6) is 0 Å². The molecule has 156 valence electrons. The van der Waals surface area contributed by atoms with Crippen LogP contribution in [0.4, 0.5) is 0 Å². The molecule has 0 radical (unpaired) electrons. The van der Waals surface area contributed by atoms with Gasteiger partial charge in [-0.05, 0) is 31.9 Å². The fourth-order valence-corrected chi connectivity index (χ4v) is 4.68. The van der Waals surface area contributed by atoms with Gasteiger partial charge in [-0.3, -0.25) is 9.59 Å². The molecule has 1 aliphatic rings. The number of nitrogens with one attached hydrogen (secondary N) is 2. The van der Waals surface area contributed by atoms with E-state index < -0.39 is 34.2 Å². The number of nitrogens with zero attached hydrogens (tertiary/aromatic N) is 1. The molecule has 0 aromatic heterocycles. The van der Waals surface area contributed by atoms with E-state index in [1.165, 1.54) is 18.5 Å². The molecule has 1 unspecified atom stereocenters. The molecule has 1 aliphatic heterocycles. The van der Waals surface area contributed by atoms with Crippen molar-refractivity contribution < 1.29 is 27.5 Å². The SMILES string of the molecule is COC(CNC(=O)C(=O)NCC1CCCN1S(=O)(=O)c1ccc(C)cc1)OC. The molecule has 1 aromatic carbocycles. The van der Waals surface area contributed by atoms with Gasteiger partial charge < -0.3 is 20.1 Å². The Morgan fingerprint density at radius 3 is 2.36 bits per heavy atom. The van der Waals surface area contributed by atoms with Crippen LogP contribution in [0.15, 0.2) is 29.2 Å². The fraction of sp³-hybridized carbons (Fsp3) is 0.556. The molecule has 1 heterocycles. The summed E-state index contributed by atoms with van der Waals surface area (Å²) >= 11 is 0. The van der Waals surface area contributed by atoms with Gasteiger partial charge in [0.05, 0.1) is 11.4 Å². The first-order valence-electron chi connectivity index (χ1n) is 8.99. The molecule has 0 saturated carbocycles. The molecule has 2 amide bonds. The van der Waals surface area contributed by atoms with Gasteiger partial charge in [0.1, 0.15) is 0 Å². The van der Waals surface area contributed by atoms with Crippen molar-refractivity contribution in [2.24, 2.45) is 0 Å². The summed E-state index contributed by atoms with van der Waals surface area (Å²) < 4.78 is 37.0. The van der Waals surface area contributed by atoms with Crippen molar-refractivity contribution in [1.29, 1.82) is 0 Å². The Balaban J connectivity index is 1.93. The van der Waals surface area contributed by atoms with E-state index in [0.29, 0.717) is 19.4 Å². The lowest BCUT2D eigenvalue weighted by Gasteiger charge is -2.24. The van der Waals surface area contributed by atoms with Crippen LogP contribution >= 0.6 is 0 Å². The standard InChI is InChI=1S/C18H27N3O6S/c1-13-6-8-15(9-7-13)28(24,25)21-10-4-5-14(21)11-19-17(22)18(23)20-12-16(26-2)27-3/h6-9,14,16H,4-5,10-12H2,1-3H3,(H,19,22)(H,20,23).